The molecule has 2 fully saturated rings. The van der Waals surface area contributed by atoms with E-state index in [1.165, 1.54) is 4.90 Å². The van der Waals surface area contributed by atoms with Crippen LogP contribution in [-0.4, -0.2) is 44.9 Å². The maximum absolute atomic E-state index is 12.2. The van der Waals surface area contributed by atoms with Gasteiger partial charge in [-0.2, -0.15) is 0 Å². The molecule has 8 heteroatoms. The first kappa shape index (κ1) is 15.1. The molecule has 1 saturated heterocycles. The fourth-order valence-electron chi connectivity index (χ4n) is 2.99. The van der Waals surface area contributed by atoms with Crippen LogP contribution in [0.4, 0.5) is 4.79 Å². The number of nitrogens with one attached hydrogen (secondary N) is 1. The number of carbonyl (C=O) groups is 3. The summed E-state index contributed by atoms with van der Waals surface area (Å²) in [5.74, 6) is 0.254. The van der Waals surface area contributed by atoms with E-state index in [1.807, 2.05) is 0 Å². The van der Waals surface area contributed by atoms with Crippen LogP contribution in [-0.2, 0) is 4.79 Å². The molecule has 7 nitrogen and oxygen atoms in total. The van der Waals surface area contributed by atoms with Gasteiger partial charge in [0.25, 0.3) is 11.1 Å². The third kappa shape index (κ3) is 2.87. The lowest BCUT2D eigenvalue weighted by Gasteiger charge is -2.36. The van der Waals surface area contributed by atoms with Crippen LogP contribution in [0.2, 0.25) is 0 Å². The first-order chi connectivity index (χ1) is 10.6. The molecule has 0 unspecified atom stereocenters. The number of thioether (sulfide) groups is 1. The van der Waals surface area contributed by atoms with E-state index < -0.39 is 0 Å². The number of amides is 3. The van der Waals surface area contributed by atoms with E-state index in [-0.39, 0.29) is 40.6 Å². The highest BCUT2D eigenvalue weighted by Crippen LogP contribution is 2.30. The van der Waals surface area contributed by atoms with Gasteiger partial charge in [-0.15, -0.1) is 0 Å². The molecule has 2 atom stereocenters. The van der Waals surface area contributed by atoms with E-state index in [1.54, 1.807) is 13.0 Å². The van der Waals surface area contributed by atoms with Gasteiger partial charge in [-0.05, 0) is 19.8 Å². The molecule has 2 heterocycles. The maximum Gasteiger partial charge on any atom is 0.289 e. The summed E-state index contributed by atoms with van der Waals surface area (Å²) in [7, 11) is 0. The zero-order chi connectivity index (χ0) is 15.7. The monoisotopic (exact) mass is 323 g/mol. The van der Waals surface area contributed by atoms with Crippen molar-refractivity contribution in [1.82, 2.24) is 15.4 Å². The van der Waals surface area contributed by atoms with Gasteiger partial charge in [0, 0.05) is 6.07 Å². The van der Waals surface area contributed by atoms with Crippen molar-refractivity contribution in [3.63, 3.8) is 0 Å². The summed E-state index contributed by atoms with van der Waals surface area (Å²) in [6.07, 6.45) is 3.38. The van der Waals surface area contributed by atoms with Crippen molar-refractivity contribution in [2.45, 2.75) is 44.7 Å². The minimum absolute atomic E-state index is 0.168. The van der Waals surface area contributed by atoms with Crippen LogP contribution in [0.5, 0.6) is 0 Å². The number of aromatic nitrogens is 1. The third-order valence-corrected chi connectivity index (χ3v) is 4.86. The Balaban J connectivity index is 1.74. The molecule has 1 aliphatic carbocycles. The number of carbonyl (C=O) groups excluding carboxylic acids is 3. The summed E-state index contributed by atoms with van der Waals surface area (Å²) < 4.78 is 4.90. The zero-order valence-electron chi connectivity index (χ0n) is 12.2. The predicted octanol–water partition coefficient (Wildman–Crippen LogP) is 1.72. The molecule has 0 bridgehead atoms. The minimum Gasteiger partial charge on any atom is -0.361 e. The van der Waals surface area contributed by atoms with Crippen molar-refractivity contribution < 1.29 is 18.9 Å². The van der Waals surface area contributed by atoms with Gasteiger partial charge in [0.1, 0.15) is 5.76 Å². The Morgan fingerprint density at radius 3 is 2.82 bits per heavy atom. The number of nitrogens with zero attached hydrogens (tertiary/aromatic N) is 2. The second-order valence-electron chi connectivity index (χ2n) is 5.57. The Labute approximate surface area is 131 Å². The predicted molar refractivity (Wildman–Crippen MR) is 79.5 cm³/mol. The highest BCUT2D eigenvalue weighted by molar-refractivity contribution is 8.14. The van der Waals surface area contributed by atoms with Crippen molar-refractivity contribution in [2.24, 2.45) is 0 Å². The molecule has 1 aromatic heterocycles. The lowest BCUT2D eigenvalue weighted by atomic mass is 9.89. The van der Waals surface area contributed by atoms with Gasteiger partial charge in [0.15, 0.2) is 5.69 Å². The van der Waals surface area contributed by atoms with Crippen LogP contribution >= 0.6 is 11.8 Å². The Morgan fingerprint density at radius 1 is 1.41 bits per heavy atom. The SMILES string of the molecule is Cc1cc(C(=O)N[C@H]2CCCC[C@@H]2N2C(=O)CSC2=O)no1. The summed E-state index contributed by atoms with van der Waals surface area (Å²) in [6, 6.07) is 1.07. The fourth-order valence-corrected chi connectivity index (χ4v) is 3.75. The summed E-state index contributed by atoms with van der Waals surface area (Å²) in [6.45, 7) is 1.71. The van der Waals surface area contributed by atoms with Crippen LogP contribution < -0.4 is 5.32 Å². The molecule has 1 saturated carbocycles. The summed E-state index contributed by atoms with van der Waals surface area (Å²) in [5.41, 5.74) is 0.218. The largest absolute Gasteiger partial charge is 0.361 e. The van der Waals surface area contributed by atoms with Crippen LogP contribution in [0.1, 0.15) is 41.9 Å². The van der Waals surface area contributed by atoms with E-state index in [9.17, 15) is 14.4 Å². The zero-order valence-corrected chi connectivity index (χ0v) is 13.0. The van der Waals surface area contributed by atoms with Crippen molar-refractivity contribution in [1.29, 1.82) is 0 Å². The lowest BCUT2D eigenvalue weighted by molar-refractivity contribution is -0.127. The van der Waals surface area contributed by atoms with Crippen molar-refractivity contribution >= 4 is 28.8 Å². The van der Waals surface area contributed by atoms with E-state index in [0.29, 0.717) is 5.76 Å². The van der Waals surface area contributed by atoms with E-state index >= 15 is 0 Å². The number of hydrogen-bond acceptors (Lipinski definition) is 6. The van der Waals surface area contributed by atoms with E-state index in [0.717, 1.165) is 37.4 Å². The molecule has 0 spiro atoms. The topological polar surface area (TPSA) is 92.5 Å². The molecule has 0 aromatic carbocycles. The average Bonchev–Trinajstić information content (AvgIpc) is 3.06. The summed E-state index contributed by atoms with van der Waals surface area (Å²) >= 11 is 1.03. The number of rotatable bonds is 3. The number of hydrogen-bond donors (Lipinski definition) is 1. The first-order valence-electron chi connectivity index (χ1n) is 7.29. The van der Waals surface area contributed by atoms with Crippen LogP contribution in [0.3, 0.4) is 0 Å². The Kier molecular flexibility index (Phi) is 4.19. The van der Waals surface area contributed by atoms with Gasteiger partial charge in [0.05, 0.1) is 17.8 Å². The lowest BCUT2D eigenvalue weighted by Crippen LogP contribution is -2.54. The van der Waals surface area contributed by atoms with Crippen LogP contribution in [0.15, 0.2) is 10.6 Å². The molecule has 3 amide bonds. The van der Waals surface area contributed by atoms with Gasteiger partial charge in [-0.3, -0.25) is 19.3 Å². The molecule has 118 valence electrons. The molecule has 1 N–H and O–H groups in total. The quantitative estimate of drug-likeness (QED) is 0.910. The second kappa shape index (κ2) is 6.12. The molecule has 2 aliphatic rings. The summed E-state index contributed by atoms with van der Waals surface area (Å²) in [5, 5.41) is 6.38. The number of aryl methyl sites for hydroxylation is 1. The highest BCUT2D eigenvalue weighted by atomic mass is 32.2. The van der Waals surface area contributed by atoms with Crippen LogP contribution in [0, 0.1) is 6.92 Å². The maximum atomic E-state index is 12.2. The number of imide groups is 1. The van der Waals surface area contributed by atoms with Gasteiger partial charge < -0.3 is 9.84 Å². The van der Waals surface area contributed by atoms with Crippen LogP contribution in [0.25, 0.3) is 0 Å². The Bertz CT molecular complexity index is 599. The smallest absolute Gasteiger partial charge is 0.289 e. The molecular weight excluding hydrogens is 306 g/mol. The van der Waals surface area contributed by atoms with E-state index in [4.69, 9.17) is 4.52 Å². The van der Waals surface area contributed by atoms with Crippen molar-refractivity contribution in [2.75, 3.05) is 5.75 Å². The van der Waals surface area contributed by atoms with Gasteiger partial charge in [-0.25, -0.2) is 0 Å². The minimum atomic E-state index is -0.333. The molecule has 22 heavy (non-hydrogen) atoms. The third-order valence-electron chi connectivity index (χ3n) is 4.02. The van der Waals surface area contributed by atoms with Crippen molar-refractivity contribution in [3.05, 3.63) is 17.5 Å². The van der Waals surface area contributed by atoms with Crippen molar-refractivity contribution in [3.8, 4) is 0 Å². The normalized spacial score (nSPS) is 25.6. The Hall–Kier alpha value is -1.83. The summed E-state index contributed by atoms with van der Waals surface area (Å²) in [4.78, 5) is 37.4. The van der Waals surface area contributed by atoms with Gasteiger partial charge in [-0.1, -0.05) is 29.8 Å². The Morgan fingerprint density at radius 2 is 2.18 bits per heavy atom. The molecule has 1 aromatic rings. The fraction of sp³-hybridized carbons (Fsp3) is 0.571. The average molecular weight is 323 g/mol. The van der Waals surface area contributed by atoms with Gasteiger partial charge in [0.2, 0.25) is 5.91 Å². The molecule has 3 rings (SSSR count). The van der Waals surface area contributed by atoms with E-state index in [2.05, 4.69) is 10.5 Å². The first-order valence-corrected chi connectivity index (χ1v) is 8.28. The molecular formula is C14H17N3O4S. The highest BCUT2D eigenvalue weighted by Gasteiger charge is 2.41. The second-order valence-corrected chi connectivity index (χ2v) is 6.50. The molecule has 1 aliphatic heterocycles. The standard InChI is InChI=1S/C14H17N3O4S/c1-8-6-10(16-21-8)13(19)15-9-4-2-3-5-11(9)17-12(18)7-22-14(17)20/h6,9,11H,2-5,7H2,1H3,(H,15,19)/t9-,11-/m0/s1. The van der Waals surface area contributed by atoms with Gasteiger partial charge >= 0.3 is 0 Å². The molecule has 0 radical (unpaired) electrons.